The molecule has 0 aromatic heterocycles. The third kappa shape index (κ3) is 5.81. The molecule has 7 nitrogen and oxygen atoms in total. The van der Waals surface area contributed by atoms with Gasteiger partial charge in [0.1, 0.15) is 11.5 Å². The monoisotopic (exact) mass is 472 g/mol. The number of ether oxygens (including phenoxy) is 2. The largest absolute Gasteiger partial charge is 0.497 e. The van der Waals surface area contributed by atoms with E-state index in [0.29, 0.717) is 22.7 Å². The summed E-state index contributed by atoms with van der Waals surface area (Å²) in [5, 5.41) is 2.93. The minimum atomic E-state index is -3.90. The fraction of sp³-hybridized carbons (Fsp3) is 0.0870. The lowest BCUT2D eigenvalue weighted by molar-refractivity contribution is -0.111. The third-order valence-corrected chi connectivity index (χ3v) is 6.08. The first-order valence-corrected chi connectivity index (χ1v) is 11.3. The first-order valence-electron chi connectivity index (χ1n) is 9.41. The molecule has 1 amide bonds. The summed E-state index contributed by atoms with van der Waals surface area (Å²) in [5.41, 5.74) is 1.27. The van der Waals surface area contributed by atoms with Crippen LogP contribution < -0.4 is 19.5 Å². The number of rotatable bonds is 8. The molecule has 0 aliphatic heterocycles. The maximum atomic E-state index is 12.7. The normalized spacial score (nSPS) is 11.2. The van der Waals surface area contributed by atoms with Gasteiger partial charge in [0, 0.05) is 23.4 Å². The summed E-state index contributed by atoms with van der Waals surface area (Å²) in [6.45, 7) is 0. The molecule has 0 aliphatic rings. The van der Waals surface area contributed by atoms with Crippen molar-refractivity contribution < 1.29 is 22.7 Å². The van der Waals surface area contributed by atoms with Crippen LogP contribution in [0.1, 0.15) is 5.56 Å². The van der Waals surface area contributed by atoms with Crippen molar-refractivity contribution in [1.29, 1.82) is 0 Å². The molecular weight excluding hydrogens is 452 g/mol. The molecule has 0 atom stereocenters. The Labute approximate surface area is 191 Å². The molecule has 0 heterocycles. The highest BCUT2D eigenvalue weighted by Crippen LogP contribution is 2.26. The van der Waals surface area contributed by atoms with Crippen molar-refractivity contribution >= 4 is 45.0 Å². The SMILES string of the molecule is COc1ccc(/C=C/C(=O)Nc2cccc(S(=O)(=O)Nc3ccccc3Cl)c2)c(OC)c1. The lowest BCUT2D eigenvalue weighted by Gasteiger charge is -2.11. The van der Waals surface area contributed by atoms with E-state index >= 15 is 0 Å². The summed E-state index contributed by atoms with van der Waals surface area (Å²) in [6, 6.07) is 17.6. The predicted octanol–water partition coefficient (Wildman–Crippen LogP) is 4.81. The predicted molar refractivity (Wildman–Crippen MR) is 126 cm³/mol. The number of carbonyl (C=O) groups excluding carboxylic acids is 1. The topological polar surface area (TPSA) is 93.7 Å². The summed E-state index contributed by atoms with van der Waals surface area (Å²) in [5.74, 6) is 0.746. The maximum absolute atomic E-state index is 12.7. The lowest BCUT2D eigenvalue weighted by atomic mass is 10.1. The van der Waals surface area contributed by atoms with Gasteiger partial charge in [-0.05, 0) is 48.5 Å². The van der Waals surface area contributed by atoms with Crippen molar-refractivity contribution in [2.24, 2.45) is 0 Å². The summed E-state index contributed by atoms with van der Waals surface area (Å²) < 4.78 is 38.3. The number of sulfonamides is 1. The molecule has 0 unspecified atom stereocenters. The van der Waals surface area contributed by atoms with E-state index < -0.39 is 15.9 Å². The van der Waals surface area contributed by atoms with Crippen LogP contribution in [0.15, 0.2) is 77.7 Å². The Balaban J connectivity index is 1.74. The second-order valence-electron chi connectivity index (χ2n) is 6.54. The molecule has 9 heteroatoms. The Morgan fingerprint density at radius 2 is 1.75 bits per heavy atom. The second-order valence-corrected chi connectivity index (χ2v) is 8.63. The minimum absolute atomic E-state index is 0.0176. The minimum Gasteiger partial charge on any atom is -0.497 e. The van der Waals surface area contributed by atoms with Gasteiger partial charge in [-0.2, -0.15) is 0 Å². The van der Waals surface area contributed by atoms with Crippen LogP contribution in [-0.2, 0) is 14.8 Å². The van der Waals surface area contributed by atoms with E-state index in [9.17, 15) is 13.2 Å². The number of amides is 1. The van der Waals surface area contributed by atoms with Gasteiger partial charge in [0.2, 0.25) is 5.91 Å². The highest BCUT2D eigenvalue weighted by Gasteiger charge is 2.16. The lowest BCUT2D eigenvalue weighted by Crippen LogP contribution is -2.14. The van der Waals surface area contributed by atoms with Gasteiger partial charge in [-0.3, -0.25) is 9.52 Å². The van der Waals surface area contributed by atoms with Gasteiger partial charge in [0.15, 0.2) is 0 Å². The standard InChI is InChI=1S/C23H21ClN2O5S/c1-30-18-12-10-16(22(15-18)31-2)11-13-23(27)25-17-6-5-7-19(14-17)32(28,29)26-21-9-4-3-8-20(21)24/h3-15,26H,1-2H3,(H,25,27)/b13-11+. The quantitative estimate of drug-likeness (QED) is 0.459. The van der Waals surface area contributed by atoms with Gasteiger partial charge in [-0.1, -0.05) is 29.8 Å². The van der Waals surface area contributed by atoms with E-state index in [-0.39, 0.29) is 15.6 Å². The first kappa shape index (κ1) is 23.2. The Morgan fingerprint density at radius 3 is 2.47 bits per heavy atom. The number of methoxy groups -OCH3 is 2. The zero-order valence-corrected chi connectivity index (χ0v) is 18.9. The third-order valence-electron chi connectivity index (χ3n) is 4.38. The number of hydrogen-bond donors (Lipinski definition) is 2. The van der Waals surface area contributed by atoms with Crippen molar-refractivity contribution in [1.82, 2.24) is 0 Å². The van der Waals surface area contributed by atoms with Gasteiger partial charge in [0.25, 0.3) is 10.0 Å². The van der Waals surface area contributed by atoms with E-state index in [4.69, 9.17) is 21.1 Å². The van der Waals surface area contributed by atoms with Gasteiger partial charge in [-0.25, -0.2) is 8.42 Å². The fourth-order valence-corrected chi connectivity index (χ4v) is 4.16. The molecule has 0 spiro atoms. The smallest absolute Gasteiger partial charge is 0.262 e. The second kappa shape index (κ2) is 10.2. The van der Waals surface area contributed by atoms with Gasteiger partial charge >= 0.3 is 0 Å². The average Bonchev–Trinajstić information content (AvgIpc) is 2.79. The molecular formula is C23H21ClN2O5S. The molecule has 0 fully saturated rings. The fourth-order valence-electron chi connectivity index (χ4n) is 2.79. The van der Waals surface area contributed by atoms with Crippen LogP contribution in [0.5, 0.6) is 11.5 Å². The highest BCUT2D eigenvalue weighted by atomic mass is 35.5. The average molecular weight is 473 g/mol. The van der Waals surface area contributed by atoms with Crippen molar-refractivity contribution in [3.63, 3.8) is 0 Å². The van der Waals surface area contributed by atoms with Crippen LogP contribution in [0.3, 0.4) is 0 Å². The summed E-state index contributed by atoms with van der Waals surface area (Å²) in [4.78, 5) is 12.3. The zero-order valence-electron chi connectivity index (χ0n) is 17.3. The van der Waals surface area contributed by atoms with Crippen LogP contribution in [0, 0.1) is 0 Å². The number of anilines is 2. The molecule has 3 aromatic rings. The van der Waals surface area contributed by atoms with E-state index in [2.05, 4.69) is 10.0 Å². The highest BCUT2D eigenvalue weighted by molar-refractivity contribution is 7.92. The van der Waals surface area contributed by atoms with Crippen LogP contribution in [0.4, 0.5) is 11.4 Å². The van der Waals surface area contributed by atoms with Crippen LogP contribution in [-0.4, -0.2) is 28.5 Å². The van der Waals surface area contributed by atoms with E-state index in [1.54, 1.807) is 61.7 Å². The number of carbonyl (C=O) groups is 1. The Morgan fingerprint density at radius 1 is 0.969 bits per heavy atom. The molecule has 32 heavy (non-hydrogen) atoms. The van der Waals surface area contributed by atoms with E-state index in [1.807, 2.05) is 0 Å². The van der Waals surface area contributed by atoms with Crippen molar-refractivity contribution in [2.75, 3.05) is 24.3 Å². The zero-order chi connectivity index (χ0) is 23.1. The number of nitrogens with one attached hydrogen (secondary N) is 2. The number of halogens is 1. The molecule has 3 rings (SSSR count). The van der Waals surface area contributed by atoms with Crippen molar-refractivity contribution in [3.05, 3.63) is 83.4 Å². The summed E-state index contributed by atoms with van der Waals surface area (Å²) in [6.07, 6.45) is 2.92. The molecule has 0 saturated heterocycles. The molecule has 0 radical (unpaired) electrons. The Bertz CT molecular complexity index is 1260. The molecule has 0 aliphatic carbocycles. The van der Waals surface area contributed by atoms with Gasteiger partial charge < -0.3 is 14.8 Å². The molecule has 3 aromatic carbocycles. The van der Waals surface area contributed by atoms with Crippen LogP contribution in [0.25, 0.3) is 6.08 Å². The summed E-state index contributed by atoms with van der Waals surface area (Å²) in [7, 11) is -0.823. The van der Waals surface area contributed by atoms with Crippen LogP contribution in [0.2, 0.25) is 5.02 Å². The van der Waals surface area contributed by atoms with Crippen LogP contribution >= 0.6 is 11.6 Å². The number of para-hydroxylation sites is 1. The summed E-state index contributed by atoms with van der Waals surface area (Å²) >= 11 is 6.03. The van der Waals surface area contributed by atoms with Gasteiger partial charge in [-0.15, -0.1) is 0 Å². The number of hydrogen-bond acceptors (Lipinski definition) is 5. The molecule has 0 bridgehead atoms. The Hall–Kier alpha value is -3.49. The number of benzene rings is 3. The first-order chi connectivity index (χ1) is 15.3. The van der Waals surface area contributed by atoms with Crippen molar-refractivity contribution in [2.45, 2.75) is 4.90 Å². The maximum Gasteiger partial charge on any atom is 0.262 e. The van der Waals surface area contributed by atoms with Crippen molar-refractivity contribution in [3.8, 4) is 11.5 Å². The Kier molecular flexibility index (Phi) is 7.40. The van der Waals surface area contributed by atoms with E-state index in [1.165, 1.54) is 31.4 Å². The van der Waals surface area contributed by atoms with E-state index in [0.717, 1.165) is 0 Å². The van der Waals surface area contributed by atoms with Gasteiger partial charge in [0.05, 0.1) is 29.8 Å². The molecule has 166 valence electrons. The molecule has 0 saturated carbocycles. The molecule has 2 N–H and O–H groups in total.